The number of thiol groups is 2. The molecule has 0 radical (unpaired) electrons. The summed E-state index contributed by atoms with van der Waals surface area (Å²) in [6, 6.07) is 3.32. The summed E-state index contributed by atoms with van der Waals surface area (Å²) in [5, 5.41) is 1.01. The van der Waals surface area contributed by atoms with Gasteiger partial charge in [0, 0.05) is 9.79 Å². The molecular weight excluding hydrogens is 207 g/mol. The van der Waals surface area contributed by atoms with Gasteiger partial charge in [-0.15, -0.1) is 25.3 Å². The molecule has 1 aromatic rings. The van der Waals surface area contributed by atoms with Gasteiger partial charge in [-0.1, -0.05) is 23.2 Å². The lowest BCUT2D eigenvalue weighted by atomic mass is 10.4. The molecule has 0 aromatic heterocycles. The molecule has 0 spiro atoms. The Bertz CT molecular complexity index is 210. The van der Waals surface area contributed by atoms with E-state index in [1.807, 2.05) is 0 Å². The standard InChI is InChI=1S/C6H4Cl2S2/c7-3-1-5(9)6(10)2-4(3)8/h1-2,9-10H. The summed E-state index contributed by atoms with van der Waals surface area (Å²) in [6.07, 6.45) is 0. The molecule has 0 saturated carbocycles. The predicted octanol–water partition coefficient (Wildman–Crippen LogP) is 3.57. The van der Waals surface area contributed by atoms with Crippen LogP contribution >= 0.6 is 48.5 Å². The Labute approximate surface area is 80.3 Å². The molecule has 1 rings (SSSR count). The molecule has 4 heteroatoms. The van der Waals surface area contributed by atoms with Crippen molar-refractivity contribution in [2.75, 3.05) is 0 Å². The van der Waals surface area contributed by atoms with E-state index in [0.717, 1.165) is 9.79 Å². The van der Waals surface area contributed by atoms with Gasteiger partial charge in [-0.3, -0.25) is 0 Å². The molecule has 1 aromatic carbocycles. The Kier molecular flexibility index (Phi) is 2.81. The van der Waals surface area contributed by atoms with Crippen molar-refractivity contribution < 1.29 is 0 Å². The highest BCUT2D eigenvalue weighted by atomic mass is 35.5. The first-order valence-corrected chi connectivity index (χ1v) is 4.13. The van der Waals surface area contributed by atoms with Crippen molar-refractivity contribution in [1.29, 1.82) is 0 Å². The van der Waals surface area contributed by atoms with E-state index in [-0.39, 0.29) is 0 Å². The van der Waals surface area contributed by atoms with Gasteiger partial charge in [0.15, 0.2) is 0 Å². The minimum Gasteiger partial charge on any atom is -0.142 e. The summed E-state index contributed by atoms with van der Waals surface area (Å²) >= 11 is 19.5. The summed E-state index contributed by atoms with van der Waals surface area (Å²) in [5.74, 6) is 0. The van der Waals surface area contributed by atoms with Gasteiger partial charge in [-0.05, 0) is 12.1 Å². The molecule has 0 heterocycles. The average molecular weight is 211 g/mol. The van der Waals surface area contributed by atoms with Crippen molar-refractivity contribution in [2.24, 2.45) is 0 Å². The third-order valence-corrected chi connectivity index (χ3v) is 2.66. The van der Waals surface area contributed by atoms with Gasteiger partial charge in [0.25, 0.3) is 0 Å². The van der Waals surface area contributed by atoms with Crippen molar-refractivity contribution in [1.82, 2.24) is 0 Å². The van der Waals surface area contributed by atoms with Crippen molar-refractivity contribution in [3.05, 3.63) is 22.2 Å². The lowest BCUT2D eigenvalue weighted by molar-refractivity contribution is 1.27. The molecule has 10 heavy (non-hydrogen) atoms. The lowest BCUT2D eigenvalue weighted by Gasteiger charge is -1.99. The van der Waals surface area contributed by atoms with Crippen molar-refractivity contribution in [3.8, 4) is 0 Å². The third kappa shape index (κ3) is 1.76. The van der Waals surface area contributed by atoms with Gasteiger partial charge in [0.1, 0.15) is 0 Å². The second-order valence-electron chi connectivity index (χ2n) is 1.76. The molecule has 0 saturated heterocycles. The fraction of sp³-hybridized carbons (Fsp3) is 0. The summed E-state index contributed by atoms with van der Waals surface area (Å²) in [4.78, 5) is 1.47. The quantitative estimate of drug-likeness (QED) is 0.602. The van der Waals surface area contributed by atoms with Crippen LogP contribution in [-0.2, 0) is 0 Å². The fourth-order valence-corrected chi connectivity index (χ4v) is 1.39. The number of benzene rings is 1. The first kappa shape index (κ1) is 8.60. The zero-order valence-corrected chi connectivity index (χ0v) is 8.11. The van der Waals surface area contributed by atoms with Gasteiger partial charge in [0.05, 0.1) is 10.0 Å². The topological polar surface area (TPSA) is 0 Å². The number of rotatable bonds is 0. The number of hydrogen-bond acceptors (Lipinski definition) is 2. The zero-order chi connectivity index (χ0) is 7.72. The molecule has 0 nitrogen and oxygen atoms in total. The molecule has 0 aliphatic heterocycles. The molecule has 54 valence electrons. The number of hydrogen-bond donors (Lipinski definition) is 2. The Morgan fingerprint density at radius 1 is 0.900 bits per heavy atom. The van der Waals surface area contributed by atoms with Crippen LogP contribution in [0.3, 0.4) is 0 Å². The van der Waals surface area contributed by atoms with E-state index in [4.69, 9.17) is 23.2 Å². The maximum Gasteiger partial charge on any atom is 0.0604 e. The highest BCUT2D eigenvalue weighted by molar-refractivity contribution is 7.83. The van der Waals surface area contributed by atoms with E-state index >= 15 is 0 Å². The average Bonchev–Trinajstić information content (AvgIpc) is 1.84. The summed E-state index contributed by atoms with van der Waals surface area (Å²) < 4.78 is 0. The zero-order valence-electron chi connectivity index (χ0n) is 4.81. The minimum atomic E-state index is 0.504. The Balaban J connectivity index is 3.28. The predicted molar refractivity (Wildman–Crippen MR) is 51.0 cm³/mol. The van der Waals surface area contributed by atoms with Crippen LogP contribution in [-0.4, -0.2) is 0 Å². The van der Waals surface area contributed by atoms with Crippen LogP contribution in [0.2, 0.25) is 10.0 Å². The van der Waals surface area contributed by atoms with Gasteiger partial charge in [0.2, 0.25) is 0 Å². The van der Waals surface area contributed by atoms with Gasteiger partial charge in [-0.25, -0.2) is 0 Å². The van der Waals surface area contributed by atoms with E-state index in [1.165, 1.54) is 0 Å². The summed E-state index contributed by atoms with van der Waals surface area (Å²) in [5.41, 5.74) is 0. The number of halogens is 2. The van der Waals surface area contributed by atoms with Crippen LogP contribution in [0.15, 0.2) is 21.9 Å². The third-order valence-electron chi connectivity index (χ3n) is 1.02. The molecule has 0 unspecified atom stereocenters. The Hall–Kier alpha value is 0.500. The highest BCUT2D eigenvalue weighted by Gasteiger charge is 2.00. The Morgan fingerprint density at radius 3 is 1.50 bits per heavy atom. The van der Waals surface area contributed by atoms with Crippen LogP contribution in [0.25, 0.3) is 0 Å². The molecule has 0 amide bonds. The van der Waals surface area contributed by atoms with E-state index in [0.29, 0.717) is 10.0 Å². The first-order valence-electron chi connectivity index (χ1n) is 2.48. The maximum atomic E-state index is 5.67. The second kappa shape index (κ2) is 3.26. The van der Waals surface area contributed by atoms with Crippen molar-refractivity contribution >= 4 is 48.5 Å². The van der Waals surface area contributed by atoms with E-state index in [1.54, 1.807) is 12.1 Å². The van der Waals surface area contributed by atoms with Crippen molar-refractivity contribution in [3.63, 3.8) is 0 Å². The lowest BCUT2D eigenvalue weighted by Crippen LogP contribution is -1.72. The largest absolute Gasteiger partial charge is 0.142 e. The smallest absolute Gasteiger partial charge is 0.0604 e. The molecule has 0 aliphatic carbocycles. The van der Waals surface area contributed by atoms with Gasteiger partial charge in [-0.2, -0.15) is 0 Å². The summed E-state index contributed by atoms with van der Waals surface area (Å²) in [7, 11) is 0. The van der Waals surface area contributed by atoms with Gasteiger partial charge < -0.3 is 0 Å². The SMILES string of the molecule is Sc1cc(Cl)c(Cl)cc1S. The minimum absolute atomic E-state index is 0.504. The van der Waals surface area contributed by atoms with E-state index < -0.39 is 0 Å². The molecular formula is C6H4Cl2S2. The van der Waals surface area contributed by atoms with Crippen LogP contribution < -0.4 is 0 Å². The normalized spacial score (nSPS) is 10.0. The molecule has 0 bridgehead atoms. The summed E-state index contributed by atoms with van der Waals surface area (Å²) in [6.45, 7) is 0. The Morgan fingerprint density at radius 2 is 1.20 bits per heavy atom. The maximum absolute atomic E-state index is 5.67. The van der Waals surface area contributed by atoms with Crippen LogP contribution in [0.5, 0.6) is 0 Å². The monoisotopic (exact) mass is 210 g/mol. The second-order valence-corrected chi connectivity index (χ2v) is 3.53. The van der Waals surface area contributed by atoms with Crippen LogP contribution in [0, 0.1) is 0 Å². The molecule has 0 fully saturated rings. The van der Waals surface area contributed by atoms with E-state index in [9.17, 15) is 0 Å². The molecule has 0 atom stereocenters. The molecule has 0 aliphatic rings. The molecule has 0 N–H and O–H groups in total. The van der Waals surface area contributed by atoms with E-state index in [2.05, 4.69) is 25.3 Å². The van der Waals surface area contributed by atoms with Crippen LogP contribution in [0.1, 0.15) is 0 Å². The van der Waals surface area contributed by atoms with Crippen LogP contribution in [0.4, 0.5) is 0 Å². The van der Waals surface area contributed by atoms with Crippen molar-refractivity contribution in [2.45, 2.75) is 9.79 Å². The van der Waals surface area contributed by atoms with Gasteiger partial charge >= 0.3 is 0 Å². The first-order chi connectivity index (χ1) is 4.61. The highest BCUT2D eigenvalue weighted by Crippen LogP contribution is 2.29. The fourth-order valence-electron chi connectivity index (χ4n) is 0.526.